The molecular formula is C25H34N2O2. The molecule has 0 spiro atoms. The van der Waals surface area contributed by atoms with Crippen LogP contribution in [0.2, 0.25) is 0 Å². The maximum absolute atomic E-state index is 12.4. The first-order valence-electron chi connectivity index (χ1n) is 10.9. The Morgan fingerprint density at radius 1 is 0.724 bits per heavy atom. The number of anilines is 1. The predicted octanol–water partition coefficient (Wildman–Crippen LogP) is 5.59. The number of hydrogen-bond donors (Lipinski definition) is 2. The molecule has 0 aliphatic heterocycles. The minimum atomic E-state index is -0.0632. The quantitative estimate of drug-likeness (QED) is 0.324. The van der Waals surface area contributed by atoms with Crippen LogP contribution in [0.4, 0.5) is 5.69 Å². The highest BCUT2D eigenvalue weighted by atomic mass is 16.2. The molecule has 0 bridgehead atoms. The molecule has 2 rings (SSSR count). The second-order valence-electron chi connectivity index (χ2n) is 7.47. The fraction of sp³-hybridized carbons (Fsp3) is 0.440. The van der Waals surface area contributed by atoms with E-state index in [2.05, 4.69) is 17.6 Å². The van der Waals surface area contributed by atoms with Gasteiger partial charge in [-0.2, -0.15) is 0 Å². The van der Waals surface area contributed by atoms with E-state index in [9.17, 15) is 9.59 Å². The highest BCUT2D eigenvalue weighted by molar-refractivity contribution is 6.09. The van der Waals surface area contributed by atoms with Crippen LogP contribution in [-0.4, -0.2) is 24.8 Å². The molecule has 29 heavy (non-hydrogen) atoms. The van der Waals surface area contributed by atoms with E-state index < -0.39 is 0 Å². The third-order valence-corrected chi connectivity index (χ3v) is 4.96. The van der Waals surface area contributed by atoms with Gasteiger partial charge in [0.2, 0.25) is 5.91 Å². The maximum atomic E-state index is 12.4. The molecule has 0 unspecified atom stereocenters. The summed E-state index contributed by atoms with van der Waals surface area (Å²) < 4.78 is 0. The van der Waals surface area contributed by atoms with Gasteiger partial charge in [0.15, 0.2) is 5.78 Å². The molecule has 0 aliphatic carbocycles. The van der Waals surface area contributed by atoms with E-state index in [1.807, 2.05) is 18.2 Å². The summed E-state index contributed by atoms with van der Waals surface area (Å²) in [6.45, 7) is 3.41. The van der Waals surface area contributed by atoms with Crippen molar-refractivity contribution in [2.24, 2.45) is 0 Å². The SMILES string of the molecule is CCCCCCCCCCNCC(=O)Nc1ccc(C(=O)c2ccccc2)cc1. The number of nitrogens with one attached hydrogen (secondary N) is 2. The summed E-state index contributed by atoms with van der Waals surface area (Å²) in [6.07, 6.45) is 10.3. The van der Waals surface area contributed by atoms with Crippen molar-refractivity contribution in [2.45, 2.75) is 58.3 Å². The molecule has 4 nitrogen and oxygen atoms in total. The van der Waals surface area contributed by atoms with Gasteiger partial charge in [-0.15, -0.1) is 0 Å². The molecule has 1 amide bonds. The van der Waals surface area contributed by atoms with E-state index >= 15 is 0 Å². The summed E-state index contributed by atoms with van der Waals surface area (Å²) in [6, 6.07) is 16.2. The fourth-order valence-electron chi connectivity index (χ4n) is 3.25. The Balaban J connectivity index is 1.60. The van der Waals surface area contributed by atoms with Crippen LogP contribution in [0.15, 0.2) is 54.6 Å². The van der Waals surface area contributed by atoms with Crippen LogP contribution >= 0.6 is 0 Å². The van der Waals surface area contributed by atoms with E-state index in [4.69, 9.17) is 0 Å². The number of ketones is 1. The van der Waals surface area contributed by atoms with Crippen molar-refractivity contribution in [3.63, 3.8) is 0 Å². The van der Waals surface area contributed by atoms with Gasteiger partial charge in [-0.3, -0.25) is 9.59 Å². The van der Waals surface area contributed by atoms with Crippen LogP contribution in [0.1, 0.15) is 74.2 Å². The Kier molecular flexibility index (Phi) is 10.8. The largest absolute Gasteiger partial charge is 0.325 e. The van der Waals surface area contributed by atoms with Crippen molar-refractivity contribution < 1.29 is 9.59 Å². The second kappa shape index (κ2) is 13.7. The number of carbonyl (C=O) groups excluding carboxylic acids is 2. The minimum Gasteiger partial charge on any atom is -0.325 e. The van der Waals surface area contributed by atoms with E-state index in [-0.39, 0.29) is 11.7 Å². The average molecular weight is 395 g/mol. The Labute approximate surface area is 175 Å². The van der Waals surface area contributed by atoms with Crippen LogP contribution in [0, 0.1) is 0 Å². The topological polar surface area (TPSA) is 58.2 Å². The van der Waals surface area contributed by atoms with Gasteiger partial charge in [-0.1, -0.05) is 82.2 Å². The zero-order chi connectivity index (χ0) is 20.7. The van der Waals surface area contributed by atoms with Gasteiger partial charge in [0.25, 0.3) is 0 Å². The predicted molar refractivity (Wildman–Crippen MR) is 120 cm³/mol. The van der Waals surface area contributed by atoms with Crippen molar-refractivity contribution in [1.82, 2.24) is 5.32 Å². The van der Waals surface area contributed by atoms with E-state index in [1.54, 1.807) is 36.4 Å². The molecule has 2 N–H and O–H groups in total. The molecule has 0 radical (unpaired) electrons. The molecule has 0 fully saturated rings. The minimum absolute atomic E-state index is 0.0180. The van der Waals surface area contributed by atoms with E-state index in [0.29, 0.717) is 23.4 Å². The average Bonchev–Trinajstić information content (AvgIpc) is 2.75. The first-order chi connectivity index (χ1) is 14.2. The van der Waals surface area contributed by atoms with Crippen LogP contribution in [-0.2, 0) is 4.79 Å². The van der Waals surface area contributed by atoms with Crippen LogP contribution in [0.3, 0.4) is 0 Å². The lowest BCUT2D eigenvalue weighted by molar-refractivity contribution is -0.115. The first kappa shape index (κ1) is 22.8. The van der Waals surface area contributed by atoms with Crippen molar-refractivity contribution in [3.05, 3.63) is 65.7 Å². The summed E-state index contributed by atoms with van der Waals surface area (Å²) in [7, 11) is 0. The Hall–Kier alpha value is -2.46. The molecule has 0 heterocycles. The summed E-state index contributed by atoms with van der Waals surface area (Å²) in [5.41, 5.74) is 1.98. The molecule has 156 valence electrons. The zero-order valence-electron chi connectivity index (χ0n) is 17.6. The zero-order valence-corrected chi connectivity index (χ0v) is 17.6. The molecule has 2 aromatic rings. The third kappa shape index (κ3) is 9.05. The number of rotatable bonds is 14. The maximum Gasteiger partial charge on any atom is 0.238 e. The Bertz CT molecular complexity index is 726. The number of unbranched alkanes of at least 4 members (excludes halogenated alkanes) is 7. The van der Waals surface area contributed by atoms with Gasteiger partial charge in [0.05, 0.1) is 6.54 Å². The lowest BCUT2D eigenvalue weighted by atomic mass is 10.0. The van der Waals surface area contributed by atoms with Gasteiger partial charge >= 0.3 is 0 Å². The molecular weight excluding hydrogens is 360 g/mol. The van der Waals surface area contributed by atoms with Gasteiger partial charge in [-0.25, -0.2) is 0 Å². The number of hydrogen-bond acceptors (Lipinski definition) is 3. The number of benzene rings is 2. The molecule has 0 saturated carbocycles. The van der Waals surface area contributed by atoms with E-state index in [0.717, 1.165) is 13.0 Å². The van der Waals surface area contributed by atoms with Gasteiger partial charge in [-0.05, 0) is 37.2 Å². The molecule has 2 aromatic carbocycles. The highest BCUT2D eigenvalue weighted by Crippen LogP contribution is 2.14. The second-order valence-corrected chi connectivity index (χ2v) is 7.47. The Morgan fingerprint density at radius 2 is 1.31 bits per heavy atom. The van der Waals surface area contributed by atoms with Gasteiger partial charge in [0.1, 0.15) is 0 Å². The van der Waals surface area contributed by atoms with Crippen molar-refractivity contribution >= 4 is 17.4 Å². The summed E-state index contributed by atoms with van der Waals surface area (Å²) in [4.78, 5) is 24.4. The van der Waals surface area contributed by atoms with Crippen molar-refractivity contribution in [2.75, 3.05) is 18.4 Å². The lowest BCUT2D eigenvalue weighted by Gasteiger charge is -2.08. The van der Waals surface area contributed by atoms with E-state index in [1.165, 1.54) is 44.9 Å². The molecule has 0 aliphatic rings. The Morgan fingerprint density at radius 3 is 1.97 bits per heavy atom. The summed E-state index contributed by atoms with van der Waals surface area (Å²) in [5, 5.41) is 6.07. The third-order valence-electron chi connectivity index (χ3n) is 4.96. The molecule has 0 atom stereocenters. The first-order valence-corrected chi connectivity index (χ1v) is 10.9. The fourth-order valence-corrected chi connectivity index (χ4v) is 3.25. The number of amides is 1. The summed E-state index contributed by atoms with van der Waals surface area (Å²) in [5.74, 6) is -0.0813. The van der Waals surface area contributed by atoms with Crippen molar-refractivity contribution in [3.8, 4) is 0 Å². The number of carbonyl (C=O) groups is 2. The van der Waals surface area contributed by atoms with Crippen LogP contribution < -0.4 is 10.6 Å². The molecule has 0 aromatic heterocycles. The molecule has 4 heteroatoms. The van der Waals surface area contributed by atoms with Gasteiger partial charge < -0.3 is 10.6 Å². The monoisotopic (exact) mass is 394 g/mol. The molecule has 0 saturated heterocycles. The van der Waals surface area contributed by atoms with Gasteiger partial charge in [0, 0.05) is 16.8 Å². The van der Waals surface area contributed by atoms with Crippen LogP contribution in [0.25, 0.3) is 0 Å². The lowest BCUT2D eigenvalue weighted by Crippen LogP contribution is -2.28. The van der Waals surface area contributed by atoms with Crippen molar-refractivity contribution in [1.29, 1.82) is 0 Å². The summed E-state index contributed by atoms with van der Waals surface area (Å²) >= 11 is 0. The normalized spacial score (nSPS) is 10.7. The van der Waals surface area contributed by atoms with Crippen LogP contribution in [0.5, 0.6) is 0 Å². The highest BCUT2D eigenvalue weighted by Gasteiger charge is 2.09. The standard InChI is InChI=1S/C25H34N2O2/c1-2-3-4-5-6-7-8-12-19-26-20-24(28)27-23-17-15-22(16-18-23)25(29)21-13-10-9-11-14-21/h9-11,13-18,26H,2-8,12,19-20H2,1H3,(H,27,28). The smallest absolute Gasteiger partial charge is 0.238 e.